The van der Waals surface area contributed by atoms with Crippen LogP contribution in [0.3, 0.4) is 0 Å². The summed E-state index contributed by atoms with van der Waals surface area (Å²) in [6.45, 7) is 5.22. The zero-order valence-corrected chi connectivity index (χ0v) is 16.3. The van der Waals surface area contributed by atoms with E-state index in [1.165, 1.54) is 0 Å². The SMILES string of the molecule is CCC1=C(C(=O)N2CCCC2C(=O)Nc2cc(C)ccc2OC)CCCO1. The first-order valence-electron chi connectivity index (χ1n) is 9.66. The summed E-state index contributed by atoms with van der Waals surface area (Å²) >= 11 is 0. The second kappa shape index (κ2) is 8.46. The third-order valence-corrected chi connectivity index (χ3v) is 5.19. The normalized spacial score (nSPS) is 19.7. The second-order valence-electron chi connectivity index (χ2n) is 7.06. The number of carbonyl (C=O) groups is 2. The van der Waals surface area contributed by atoms with Crippen LogP contribution in [0.4, 0.5) is 5.69 Å². The molecule has 1 aromatic rings. The number of allylic oxidation sites excluding steroid dienone is 1. The van der Waals surface area contributed by atoms with Gasteiger partial charge in [-0.1, -0.05) is 13.0 Å². The Bertz CT molecular complexity index is 757. The quantitative estimate of drug-likeness (QED) is 0.860. The summed E-state index contributed by atoms with van der Waals surface area (Å²) in [6.07, 6.45) is 3.76. The van der Waals surface area contributed by atoms with E-state index in [0.717, 1.165) is 36.2 Å². The molecule has 6 heteroatoms. The van der Waals surface area contributed by atoms with E-state index >= 15 is 0 Å². The number of nitrogens with zero attached hydrogens (tertiary/aromatic N) is 1. The third-order valence-electron chi connectivity index (χ3n) is 5.19. The number of carbonyl (C=O) groups excluding carboxylic acids is 2. The van der Waals surface area contributed by atoms with Gasteiger partial charge in [0.15, 0.2) is 0 Å². The van der Waals surface area contributed by atoms with E-state index in [9.17, 15) is 9.59 Å². The molecule has 1 aromatic carbocycles. The van der Waals surface area contributed by atoms with Gasteiger partial charge in [0, 0.05) is 13.0 Å². The van der Waals surface area contributed by atoms with Crippen molar-refractivity contribution in [2.24, 2.45) is 0 Å². The zero-order chi connectivity index (χ0) is 19.4. The van der Waals surface area contributed by atoms with Crippen LogP contribution in [0.25, 0.3) is 0 Å². The number of methoxy groups -OCH3 is 1. The van der Waals surface area contributed by atoms with Crippen molar-refractivity contribution >= 4 is 17.5 Å². The number of likely N-dealkylation sites (tertiary alicyclic amines) is 1. The average Bonchev–Trinajstić information content (AvgIpc) is 3.17. The number of hydrogen-bond acceptors (Lipinski definition) is 4. The lowest BCUT2D eigenvalue weighted by atomic mass is 10.0. The van der Waals surface area contributed by atoms with Crippen LogP contribution in [-0.4, -0.2) is 43.0 Å². The lowest BCUT2D eigenvalue weighted by molar-refractivity contribution is -0.134. The summed E-state index contributed by atoms with van der Waals surface area (Å²) in [6, 6.07) is 5.18. The molecule has 0 aliphatic carbocycles. The molecule has 0 radical (unpaired) electrons. The Morgan fingerprint density at radius 2 is 2.15 bits per heavy atom. The lowest BCUT2D eigenvalue weighted by Crippen LogP contribution is -2.44. The number of benzene rings is 1. The maximum absolute atomic E-state index is 13.1. The number of nitrogens with one attached hydrogen (secondary N) is 1. The molecule has 1 fully saturated rings. The van der Waals surface area contributed by atoms with Gasteiger partial charge >= 0.3 is 0 Å². The van der Waals surface area contributed by atoms with Crippen LogP contribution in [0.1, 0.15) is 44.6 Å². The summed E-state index contributed by atoms with van der Waals surface area (Å²) in [7, 11) is 1.58. The van der Waals surface area contributed by atoms with Gasteiger partial charge in [-0.05, 0) is 50.3 Å². The van der Waals surface area contributed by atoms with Crippen LogP contribution in [0.2, 0.25) is 0 Å². The molecule has 27 heavy (non-hydrogen) atoms. The molecule has 2 amide bonds. The highest BCUT2D eigenvalue weighted by molar-refractivity contribution is 6.02. The minimum absolute atomic E-state index is 0.0552. The highest BCUT2D eigenvalue weighted by Gasteiger charge is 2.37. The average molecular weight is 372 g/mol. The number of hydrogen-bond donors (Lipinski definition) is 1. The fourth-order valence-corrected chi connectivity index (χ4v) is 3.80. The van der Waals surface area contributed by atoms with E-state index in [4.69, 9.17) is 9.47 Å². The van der Waals surface area contributed by atoms with Gasteiger partial charge in [-0.15, -0.1) is 0 Å². The smallest absolute Gasteiger partial charge is 0.253 e. The predicted octanol–water partition coefficient (Wildman–Crippen LogP) is 3.41. The van der Waals surface area contributed by atoms with Gasteiger partial charge in [-0.25, -0.2) is 0 Å². The van der Waals surface area contributed by atoms with Gasteiger partial charge in [0.2, 0.25) is 5.91 Å². The molecular formula is C21H28N2O4. The van der Waals surface area contributed by atoms with E-state index in [1.54, 1.807) is 12.0 Å². The number of rotatable bonds is 5. The molecule has 0 saturated carbocycles. The zero-order valence-electron chi connectivity index (χ0n) is 16.3. The fraction of sp³-hybridized carbons (Fsp3) is 0.524. The molecule has 2 aliphatic rings. The van der Waals surface area contributed by atoms with Crippen LogP contribution >= 0.6 is 0 Å². The van der Waals surface area contributed by atoms with Gasteiger partial charge in [-0.3, -0.25) is 9.59 Å². The van der Waals surface area contributed by atoms with Crippen LogP contribution in [0.5, 0.6) is 5.75 Å². The molecular weight excluding hydrogens is 344 g/mol. The second-order valence-corrected chi connectivity index (χ2v) is 7.06. The van der Waals surface area contributed by atoms with Gasteiger partial charge < -0.3 is 19.7 Å². The minimum atomic E-state index is -0.463. The van der Waals surface area contributed by atoms with E-state index in [-0.39, 0.29) is 11.8 Å². The largest absolute Gasteiger partial charge is 0.497 e. The molecule has 146 valence electrons. The number of aryl methyl sites for hydroxylation is 1. The number of anilines is 1. The van der Waals surface area contributed by atoms with Crippen molar-refractivity contribution in [3.63, 3.8) is 0 Å². The Labute approximate surface area is 160 Å². The van der Waals surface area contributed by atoms with Crippen LogP contribution in [0.15, 0.2) is 29.5 Å². The maximum Gasteiger partial charge on any atom is 0.253 e. The number of amides is 2. The standard InChI is InChI=1S/C21H28N2O4/c1-4-18-15(7-6-12-27-18)21(25)23-11-5-8-17(23)20(24)22-16-13-14(2)9-10-19(16)26-3/h9-10,13,17H,4-8,11-12H2,1-3H3,(H,22,24). The highest BCUT2D eigenvalue weighted by atomic mass is 16.5. The van der Waals surface area contributed by atoms with Crippen molar-refractivity contribution < 1.29 is 19.1 Å². The van der Waals surface area contributed by atoms with Crippen molar-refractivity contribution in [1.29, 1.82) is 0 Å². The summed E-state index contributed by atoms with van der Waals surface area (Å²) in [4.78, 5) is 27.7. The van der Waals surface area contributed by atoms with Gasteiger partial charge in [0.25, 0.3) is 5.91 Å². The molecule has 2 aliphatic heterocycles. The molecule has 0 bridgehead atoms. The molecule has 1 unspecified atom stereocenters. The van der Waals surface area contributed by atoms with Gasteiger partial charge in [-0.2, -0.15) is 0 Å². The summed E-state index contributed by atoms with van der Waals surface area (Å²) < 4.78 is 11.0. The van der Waals surface area contributed by atoms with Crippen molar-refractivity contribution in [2.45, 2.75) is 52.0 Å². The van der Waals surface area contributed by atoms with Crippen molar-refractivity contribution in [1.82, 2.24) is 4.90 Å². The Balaban J connectivity index is 1.78. The Hall–Kier alpha value is -2.50. The van der Waals surface area contributed by atoms with Gasteiger partial charge in [0.1, 0.15) is 17.6 Å². The van der Waals surface area contributed by atoms with E-state index in [2.05, 4.69) is 5.32 Å². The molecule has 2 heterocycles. The third kappa shape index (κ3) is 4.10. The van der Waals surface area contributed by atoms with Crippen LogP contribution < -0.4 is 10.1 Å². The maximum atomic E-state index is 13.1. The number of ether oxygens (including phenoxy) is 2. The highest BCUT2D eigenvalue weighted by Crippen LogP contribution is 2.29. The summed E-state index contributed by atoms with van der Waals surface area (Å²) in [5.41, 5.74) is 2.40. The summed E-state index contributed by atoms with van der Waals surface area (Å²) in [5, 5.41) is 2.95. The summed E-state index contributed by atoms with van der Waals surface area (Å²) in [5.74, 6) is 1.17. The molecule has 3 rings (SSSR count). The molecule has 6 nitrogen and oxygen atoms in total. The Morgan fingerprint density at radius 3 is 2.89 bits per heavy atom. The lowest BCUT2D eigenvalue weighted by Gasteiger charge is -2.28. The predicted molar refractivity (Wildman–Crippen MR) is 104 cm³/mol. The van der Waals surface area contributed by atoms with Gasteiger partial charge in [0.05, 0.1) is 25.0 Å². The topological polar surface area (TPSA) is 67.9 Å². The molecule has 0 spiro atoms. The first-order chi connectivity index (χ1) is 13.0. The molecule has 1 saturated heterocycles. The Morgan fingerprint density at radius 1 is 1.33 bits per heavy atom. The van der Waals surface area contributed by atoms with E-state index < -0.39 is 6.04 Å². The molecule has 1 atom stereocenters. The molecule has 0 aromatic heterocycles. The molecule has 1 N–H and O–H groups in total. The van der Waals surface area contributed by atoms with Crippen molar-refractivity contribution in [3.05, 3.63) is 35.1 Å². The van der Waals surface area contributed by atoms with Crippen LogP contribution in [-0.2, 0) is 14.3 Å². The first kappa shape index (κ1) is 19.3. The minimum Gasteiger partial charge on any atom is -0.497 e. The van der Waals surface area contributed by atoms with Crippen molar-refractivity contribution in [2.75, 3.05) is 25.6 Å². The van der Waals surface area contributed by atoms with Crippen molar-refractivity contribution in [3.8, 4) is 5.75 Å². The first-order valence-corrected chi connectivity index (χ1v) is 9.66. The van der Waals surface area contributed by atoms with E-state index in [0.29, 0.717) is 37.4 Å². The monoisotopic (exact) mass is 372 g/mol. The van der Waals surface area contributed by atoms with Crippen LogP contribution in [0, 0.1) is 6.92 Å². The Kier molecular flexibility index (Phi) is 6.04. The fourth-order valence-electron chi connectivity index (χ4n) is 3.80. The van der Waals surface area contributed by atoms with E-state index in [1.807, 2.05) is 32.0 Å².